The molecule has 0 atom stereocenters. The Labute approximate surface area is 152 Å². The zero-order chi connectivity index (χ0) is 19.5. The van der Waals surface area contributed by atoms with Crippen LogP contribution in [0.2, 0.25) is 5.02 Å². The van der Waals surface area contributed by atoms with Crippen LogP contribution in [0.5, 0.6) is 17.4 Å². The zero-order valence-corrected chi connectivity index (χ0v) is 14.8. The first kappa shape index (κ1) is 19.8. The maximum absolute atomic E-state index is 12.2. The van der Waals surface area contributed by atoms with E-state index in [0.717, 1.165) is 12.1 Å². The molecule has 0 unspecified atom stereocenters. The van der Waals surface area contributed by atoms with Crippen LogP contribution in [0, 0.1) is 0 Å². The molecule has 0 saturated heterocycles. The van der Waals surface area contributed by atoms with Crippen molar-refractivity contribution in [2.24, 2.45) is 0 Å². The van der Waals surface area contributed by atoms with Gasteiger partial charge in [-0.2, -0.15) is 0 Å². The first-order chi connectivity index (χ1) is 11.9. The molecule has 0 aliphatic heterocycles. The molecular weight excluding hydrogens is 375 g/mol. The summed E-state index contributed by atoms with van der Waals surface area (Å²) >= 11 is 5.91. The summed E-state index contributed by atoms with van der Waals surface area (Å²) in [6, 6.07) is 5.99. The number of esters is 1. The monoisotopic (exact) mass is 389 g/mol. The summed E-state index contributed by atoms with van der Waals surface area (Å²) in [5.74, 6) is -0.968. The van der Waals surface area contributed by atoms with E-state index in [2.05, 4.69) is 9.72 Å². The third kappa shape index (κ3) is 6.11. The highest BCUT2D eigenvalue weighted by Gasteiger charge is 2.31. The summed E-state index contributed by atoms with van der Waals surface area (Å²) in [6.45, 7) is 5.19. The molecule has 9 heteroatoms. The van der Waals surface area contributed by atoms with Crippen LogP contribution < -0.4 is 9.47 Å². The molecule has 0 radical (unpaired) electrons. The van der Waals surface area contributed by atoms with Gasteiger partial charge in [-0.05, 0) is 39.0 Å². The number of hydrogen-bond acceptors (Lipinski definition) is 5. The smallest absolute Gasteiger partial charge is 0.456 e. The fourth-order valence-corrected chi connectivity index (χ4v) is 2.01. The van der Waals surface area contributed by atoms with Gasteiger partial charge in [-0.3, -0.25) is 0 Å². The van der Waals surface area contributed by atoms with E-state index >= 15 is 0 Å². The highest BCUT2D eigenvalue weighted by molar-refractivity contribution is 6.32. The van der Waals surface area contributed by atoms with Gasteiger partial charge in [0.15, 0.2) is 0 Å². The van der Waals surface area contributed by atoms with E-state index in [1.807, 2.05) is 0 Å². The Kier molecular flexibility index (Phi) is 5.65. The van der Waals surface area contributed by atoms with Crippen molar-refractivity contribution in [2.75, 3.05) is 0 Å². The third-order valence-electron chi connectivity index (χ3n) is 2.72. The standard InChI is InChI=1S/C17H15ClF3NO4/c1-16(2,3)26-15(23)10-6-7-22-14(8-10)24-13-5-4-11(9-12(13)18)25-17(19,20)21/h4-9H,1-3H3. The van der Waals surface area contributed by atoms with Gasteiger partial charge in [-0.1, -0.05) is 11.6 Å². The molecule has 0 amide bonds. The van der Waals surface area contributed by atoms with Crippen LogP contribution in [-0.4, -0.2) is 22.9 Å². The van der Waals surface area contributed by atoms with Crippen LogP contribution in [0.1, 0.15) is 31.1 Å². The molecule has 0 bridgehead atoms. The first-order valence-corrected chi connectivity index (χ1v) is 7.73. The maximum atomic E-state index is 12.2. The van der Waals surface area contributed by atoms with Gasteiger partial charge in [0.2, 0.25) is 5.88 Å². The van der Waals surface area contributed by atoms with Crippen molar-refractivity contribution in [3.05, 3.63) is 47.1 Å². The predicted octanol–water partition coefficient (Wildman–Crippen LogP) is 5.38. The van der Waals surface area contributed by atoms with Gasteiger partial charge in [-0.15, -0.1) is 13.2 Å². The lowest BCUT2D eigenvalue weighted by Gasteiger charge is -2.19. The molecular formula is C17H15ClF3NO4. The van der Waals surface area contributed by atoms with Crippen LogP contribution in [0.15, 0.2) is 36.5 Å². The quantitative estimate of drug-likeness (QED) is 0.657. The number of ether oxygens (including phenoxy) is 3. The van der Waals surface area contributed by atoms with E-state index in [1.165, 1.54) is 24.4 Å². The van der Waals surface area contributed by atoms with Gasteiger partial charge < -0.3 is 14.2 Å². The number of rotatable bonds is 4. The van der Waals surface area contributed by atoms with E-state index in [9.17, 15) is 18.0 Å². The highest BCUT2D eigenvalue weighted by atomic mass is 35.5. The Morgan fingerprint density at radius 2 is 1.81 bits per heavy atom. The fraction of sp³-hybridized carbons (Fsp3) is 0.294. The van der Waals surface area contributed by atoms with E-state index in [0.29, 0.717) is 0 Å². The van der Waals surface area contributed by atoms with Crippen LogP contribution >= 0.6 is 11.6 Å². The van der Waals surface area contributed by atoms with Crippen LogP contribution in [-0.2, 0) is 4.74 Å². The molecule has 2 rings (SSSR count). The third-order valence-corrected chi connectivity index (χ3v) is 3.02. The molecule has 0 saturated carbocycles. The van der Waals surface area contributed by atoms with E-state index < -0.39 is 23.7 Å². The Balaban J connectivity index is 2.16. The second-order valence-corrected chi connectivity index (χ2v) is 6.53. The lowest BCUT2D eigenvalue weighted by atomic mass is 10.2. The Bertz CT molecular complexity index is 803. The summed E-state index contributed by atoms with van der Waals surface area (Å²) in [4.78, 5) is 16.0. The van der Waals surface area contributed by atoms with Gasteiger partial charge in [0.25, 0.3) is 0 Å². The molecule has 0 spiro atoms. The molecule has 0 N–H and O–H groups in total. The molecule has 1 aromatic carbocycles. The summed E-state index contributed by atoms with van der Waals surface area (Å²) in [5.41, 5.74) is -0.461. The van der Waals surface area contributed by atoms with Crippen molar-refractivity contribution in [3.63, 3.8) is 0 Å². The highest BCUT2D eigenvalue weighted by Crippen LogP contribution is 2.34. The molecule has 0 aliphatic carbocycles. The van der Waals surface area contributed by atoms with Crippen molar-refractivity contribution >= 4 is 17.6 Å². The van der Waals surface area contributed by atoms with Crippen LogP contribution in [0.3, 0.4) is 0 Å². The number of nitrogens with zero attached hydrogens (tertiary/aromatic N) is 1. The number of benzene rings is 1. The van der Waals surface area contributed by atoms with Crippen LogP contribution in [0.4, 0.5) is 13.2 Å². The number of halogens is 4. The van der Waals surface area contributed by atoms with Gasteiger partial charge in [0.1, 0.15) is 17.1 Å². The fourth-order valence-electron chi connectivity index (χ4n) is 1.80. The minimum Gasteiger partial charge on any atom is -0.456 e. The molecule has 140 valence electrons. The van der Waals surface area contributed by atoms with Crippen molar-refractivity contribution in [2.45, 2.75) is 32.7 Å². The summed E-state index contributed by atoms with van der Waals surface area (Å²) in [5, 5.41) is -0.115. The van der Waals surface area contributed by atoms with Gasteiger partial charge >= 0.3 is 12.3 Å². The second kappa shape index (κ2) is 7.41. The van der Waals surface area contributed by atoms with Gasteiger partial charge in [0, 0.05) is 18.3 Å². The van der Waals surface area contributed by atoms with E-state index in [1.54, 1.807) is 20.8 Å². The molecule has 0 aliphatic rings. The lowest BCUT2D eigenvalue weighted by molar-refractivity contribution is -0.274. The number of hydrogen-bond donors (Lipinski definition) is 0. The normalized spacial score (nSPS) is 11.8. The maximum Gasteiger partial charge on any atom is 0.573 e. The molecule has 5 nitrogen and oxygen atoms in total. The summed E-state index contributed by atoms with van der Waals surface area (Å²) < 4.78 is 51.1. The molecule has 1 aromatic heterocycles. The minimum atomic E-state index is -4.82. The number of aromatic nitrogens is 1. The van der Waals surface area contributed by atoms with Crippen LogP contribution in [0.25, 0.3) is 0 Å². The molecule has 26 heavy (non-hydrogen) atoms. The largest absolute Gasteiger partial charge is 0.573 e. The zero-order valence-electron chi connectivity index (χ0n) is 14.1. The van der Waals surface area contributed by atoms with Crippen molar-refractivity contribution < 1.29 is 32.2 Å². The predicted molar refractivity (Wildman–Crippen MR) is 87.6 cm³/mol. The minimum absolute atomic E-state index is 0.0275. The number of carbonyl (C=O) groups is 1. The Hall–Kier alpha value is -2.48. The topological polar surface area (TPSA) is 57.7 Å². The molecule has 1 heterocycles. The number of pyridine rings is 1. The van der Waals surface area contributed by atoms with E-state index in [-0.39, 0.29) is 22.2 Å². The summed E-state index contributed by atoms with van der Waals surface area (Å²) in [7, 11) is 0. The summed E-state index contributed by atoms with van der Waals surface area (Å²) in [6.07, 6.45) is -3.49. The van der Waals surface area contributed by atoms with Gasteiger partial charge in [0.05, 0.1) is 10.6 Å². The Morgan fingerprint density at radius 3 is 2.38 bits per heavy atom. The lowest BCUT2D eigenvalue weighted by Crippen LogP contribution is -2.23. The average molecular weight is 390 g/mol. The Morgan fingerprint density at radius 1 is 1.12 bits per heavy atom. The van der Waals surface area contributed by atoms with Crippen molar-refractivity contribution in [3.8, 4) is 17.4 Å². The molecule has 0 fully saturated rings. The van der Waals surface area contributed by atoms with E-state index in [4.69, 9.17) is 21.1 Å². The van der Waals surface area contributed by atoms with Crippen molar-refractivity contribution in [1.82, 2.24) is 4.98 Å². The SMILES string of the molecule is CC(C)(C)OC(=O)c1ccnc(Oc2ccc(OC(F)(F)F)cc2Cl)c1. The van der Waals surface area contributed by atoms with Gasteiger partial charge in [-0.25, -0.2) is 9.78 Å². The first-order valence-electron chi connectivity index (χ1n) is 7.35. The number of carbonyl (C=O) groups excluding carboxylic acids is 1. The second-order valence-electron chi connectivity index (χ2n) is 6.13. The average Bonchev–Trinajstić information content (AvgIpc) is 2.47. The van der Waals surface area contributed by atoms with Crippen molar-refractivity contribution in [1.29, 1.82) is 0 Å². The number of alkyl halides is 3. The molecule has 2 aromatic rings.